The third-order valence-corrected chi connectivity index (χ3v) is 3.65. The normalized spacial score (nSPS) is 16.4. The van der Waals surface area contributed by atoms with Gasteiger partial charge in [0, 0.05) is 31.0 Å². The number of hydrogen-bond donors (Lipinski definition) is 0. The van der Waals surface area contributed by atoms with Gasteiger partial charge in [-0.05, 0) is 23.6 Å². The Labute approximate surface area is 113 Å². The van der Waals surface area contributed by atoms with Crippen molar-refractivity contribution >= 4 is 0 Å². The molecule has 0 saturated heterocycles. The largest absolute Gasteiger partial charge is 0.280 e. The third-order valence-electron chi connectivity index (χ3n) is 3.65. The topological polar surface area (TPSA) is 39.9 Å². The molecular formula is C16H15N3. The number of benzene rings is 1. The van der Waals surface area contributed by atoms with Gasteiger partial charge < -0.3 is 0 Å². The summed E-state index contributed by atoms with van der Waals surface area (Å²) in [7, 11) is 0. The molecule has 0 spiro atoms. The molecular weight excluding hydrogens is 234 g/mol. The van der Waals surface area contributed by atoms with E-state index in [9.17, 15) is 5.26 Å². The van der Waals surface area contributed by atoms with Crippen LogP contribution in [0.2, 0.25) is 0 Å². The fraction of sp³-hybridized carbons (Fsp3) is 0.250. The summed E-state index contributed by atoms with van der Waals surface area (Å²) in [5, 5.41) is 9.46. The Balaban J connectivity index is 1.86. The smallest absolute Gasteiger partial charge is 0.125 e. The average molecular weight is 249 g/mol. The Hall–Kier alpha value is -2.18. The molecule has 0 saturated carbocycles. The molecule has 3 heteroatoms. The summed E-state index contributed by atoms with van der Waals surface area (Å²) in [5.74, 6) is 0. The number of rotatable bonds is 2. The van der Waals surface area contributed by atoms with E-state index in [0.29, 0.717) is 0 Å². The molecule has 0 amide bonds. The second kappa shape index (κ2) is 5.21. The molecule has 0 fully saturated rings. The number of hydrogen-bond acceptors (Lipinski definition) is 3. The van der Waals surface area contributed by atoms with Gasteiger partial charge in [-0.25, -0.2) is 0 Å². The molecule has 0 radical (unpaired) electrons. The highest BCUT2D eigenvalue weighted by Gasteiger charge is 2.24. The lowest BCUT2D eigenvalue weighted by atomic mass is 9.97. The van der Waals surface area contributed by atoms with Crippen LogP contribution in [0.3, 0.4) is 0 Å². The number of nitriles is 1. The molecule has 1 aliphatic rings. The Morgan fingerprint density at radius 1 is 1.16 bits per heavy atom. The highest BCUT2D eigenvalue weighted by Crippen LogP contribution is 2.26. The lowest BCUT2D eigenvalue weighted by molar-refractivity contribution is 0.216. The van der Waals surface area contributed by atoms with Gasteiger partial charge in [0.1, 0.15) is 6.04 Å². The van der Waals surface area contributed by atoms with Crippen LogP contribution >= 0.6 is 0 Å². The first-order chi connectivity index (χ1) is 9.38. The van der Waals surface area contributed by atoms with Crippen LogP contribution in [0.15, 0.2) is 48.8 Å². The Morgan fingerprint density at radius 2 is 2.00 bits per heavy atom. The predicted octanol–water partition coefficient (Wildman–Crippen LogP) is 2.70. The van der Waals surface area contributed by atoms with Crippen molar-refractivity contribution < 1.29 is 0 Å². The highest BCUT2D eigenvalue weighted by molar-refractivity contribution is 5.30. The minimum Gasteiger partial charge on any atom is -0.280 e. The van der Waals surface area contributed by atoms with Crippen molar-refractivity contribution in [3.8, 4) is 6.07 Å². The van der Waals surface area contributed by atoms with Gasteiger partial charge in [0.2, 0.25) is 0 Å². The molecule has 1 aliphatic heterocycles. The van der Waals surface area contributed by atoms with Crippen LogP contribution in [0.4, 0.5) is 0 Å². The van der Waals surface area contributed by atoms with E-state index in [4.69, 9.17) is 0 Å². The molecule has 3 nitrogen and oxygen atoms in total. The van der Waals surface area contributed by atoms with Crippen LogP contribution in [0.25, 0.3) is 0 Å². The summed E-state index contributed by atoms with van der Waals surface area (Å²) in [5.41, 5.74) is 3.71. The Kier molecular flexibility index (Phi) is 3.26. The molecule has 1 unspecified atom stereocenters. The molecule has 2 heterocycles. The molecule has 0 aliphatic carbocycles. The van der Waals surface area contributed by atoms with E-state index in [1.54, 1.807) is 12.4 Å². The summed E-state index contributed by atoms with van der Waals surface area (Å²) in [6, 6.07) is 14.5. The van der Waals surface area contributed by atoms with Gasteiger partial charge in [0.15, 0.2) is 0 Å². The van der Waals surface area contributed by atoms with Crippen molar-refractivity contribution in [2.75, 3.05) is 6.54 Å². The number of aromatic nitrogens is 1. The van der Waals surface area contributed by atoms with Crippen molar-refractivity contribution in [1.82, 2.24) is 9.88 Å². The third kappa shape index (κ3) is 2.35. The summed E-state index contributed by atoms with van der Waals surface area (Å²) in [6.07, 6.45) is 4.53. The molecule has 1 aromatic carbocycles. The Bertz CT molecular complexity index is 601. The van der Waals surface area contributed by atoms with Crippen LogP contribution in [-0.4, -0.2) is 16.4 Å². The quantitative estimate of drug-likeness (QED) is 0.821. The van der Waals surface area contributed by atoms with Crippen LogP contribution in [0.1, 0.15) is 22.7 Å². The van der Waals surface area contributed by atoms with Crippen LogP contribution < -0.4 is 0 Å². The summed E-state index contributed by atoms with van der Waals surface area (Å²) in [6.45, 7) is 1.76. The first-order valence-electron chi connectivity index (χ1n) is 6.49. The fourth-order valence-electron chi connectivity index (χ4n) is 2.64. The minimum atomic E-state index is -0.206. The molecule has 1 aromatic heterocycles. The van der Waals surface area contributed by atoms with Crippen molar-refractivity contribution in [2.45, 2.75) is 19.0 Å². The van der Waals surface area contributed by atoms with E-state index in [2.05, 4.69) is 40.2 Å². The van der Waals surface area contributed by atoms with Gasteiger partial charge in [-0.1, -0.05) is 30.3 Å². The molecule has 0 bridgehead atoms. The maximum Gasteiger partial charge on any atom is 0.125 e. The molecule has 94 valence electrons. The van der Waals surface area contributed by atoms with E-state index >= 15 is 0 Å². The van der Waals surface area contributed by atoms with Gasteiger partial charge in [-0.2, -0.15) is 5.26 Å². The Morgan fingerprint density at radius 3 is 2.74 bits per heavy atom. The molecule has 2 aromatic rings. The van der Waals surface area contributed by atoms with Crippen LogP contribution in [0, 0.1) is 11.3 Å². The SMILES string of the molecule is N#CC(c1cccnc1)N1CCc2ccccc2C1. The van der Waals surface area contributed by atoms with E-state index in [1.807, 2.05) is 12.1 Å². The van der Waals surface area contributed by atoms with E-state index in [-0.39, 0.29) is 6.04 Å². The minimum absolute atomic E-state index is 0.206. The highest BCUT2D eigenvalue weighted by atomic mass is 15.2. The summed E-state index contributed by atoms with van der Waals surface area (Å²) >= 11 is 0. The van der Waals surface area contributed by atoms with Gasteiger partial charge >= 0.3 is 0 Å². The van der Waals surface area contributed by atoms with Crippen LogP contribution in [-0.2, 0) is 13.0 Å². The zero-order valence-corrected chi connectivity index (χ0v) is 10.7. The second-order valence-corrected chi connectivity index (χ2v) is 4.81. The van der Waals surface area contributed by atoms with E-state index in [1.165, 1.54) is 11.1 Å². The standard InChI is InChI=1S/C16H15N3/c17-10-16(14-6-3-8-18-11-14)19-9-7-13-4-1-2-5-15(13)12-19/h1-6,8,11,16H,7,9,12H2. The molecule has 19 heavy (non-hydrogen) atoms. The van der Waals surface area contributed by atoms with Gasteiger partial charge in [0.25, 0.3) is 0 Å². The first-order valence-corrected chi connectivity index (χ1v) is 6.49. The summed E-state index contributed by atoms with van der Waals surface area (Å²) < 4.78 is 0. The van der Waals surface area contributed by atoms with Crippen molar-refractivity contribution in [2.24, 2.45) is 0 Å². The summed E-state index contributed by atoms with van der Waals surface area (Å²) in [4.78, 5) is 6.34. The number of pyridine rings is 1. The van der Waals surface area contributed by atoms with Gasteiger partial charge in [-0.15, -0.1) is 0 Å². The zero-order valence-electron chi connectivity index (χ0n) is 10.7. The molecule has 1 atom stereocenters. The lowest BCUT2D eigenvalue weighted by Crippen LogP contribution is -2.33. The van der Waals surface area contributed by atoms with E-state index < -0.39 is 0 Å². The maximum atomic E-state index is 9.46. The van der Waals surface area contributed by atoms with Crippen molar-refractivity contribution in [3.05, 3.63) is 65.5 Å². The van der Waals surface area contributed by atoms with E-state index in [0.717, 1.165) is 25.1 Å². The van der Waals surface area contributed by atoms with Crippen molar-refractivity contribution in [1.29, 1.82) is 5.26 Å². The van der Waals surface area contributed by atoms with Gasteiger partial charge in [-0.3, -0.25) is 9.88 Å². The van der Waals surface area contributed by atoms with Gasteiger partial charge in [0.05, 0.1) is 6.07 Å². The molecule has 3 rings (SSSR count). The second-order valence-electron chi connectivity index (χ2n) is 4.81. The molecule has 0 N–H and O–H groups in total. The van der Waals surface area contributed by atoms with Crippen LogP contribution in [0.5, 0.6) is 0 Å². The number of nitrogens with zero attached hydrogens (tertiary/aromatic N) is 3. The van der Waals surface area contributed by atoms with Crippen molar-refractivity contribution in [3.63, 3.8) is 0 Å². The average Bonchev–Trinajstić information content (AvgIpc) is 2.49. The first kappa shape index (κ1) is 11.9. The maximum absolute atomic E-state index is 9.46. The fourth-order valence-corrected chi connectivity index (χ4v) is 2.64. The predicted molar refractivity (Wildman–Crippen MR) is 73.1 cm³/mol. The zero-order chi connectivity index (χ0) is 13.1. The monoisotopic (exact) mass is 249 g/mol. The number of fused-ring (bicyclic) bond motifs is 1. The lowest BCUT2D eigenvalue weighted by Gasteiger charge is -2.32.